The van der Waals surface area contributed by atoms with Crippen molar-refractivity contribution >= 4 is 17.4 Å². The number of amides is 1. The molecule has 36 heavy (non-hydrogen) atoms. The first-order valence-corrected chi connectivity index (χ1v) is 12.1. The number of carbonyl (C=O) groups excluding carboxylic acids is 2. The summed E-state index contributed by atoms with van der Waals surface area (Å²) in [6, 6.07) is 13.3. The number of nitrogens with zero attached hydrogens (tertiary/aromatic N) is 2. The summed E-state index contributed by atoms with van der Waals surface area (Å²) in [6.07, 6.45) is 2.34. The zero-order chi connectivity index (χ0) is 25.5. The van der Waals surface area contributed by atoms with Crippen LogP contribution in [0.5, 0.6) is 11.5 Å². The van der Waals surface area contributed by atoms with Gasteiger partial charge in [-0.2, -0.15) is 0 Å². The Morgan fingerprint density at radius 1 is 1.11 bits per heavy atom. The number of hydrogen-bond acceptors (Lipinski definition) is 7. The second-order valence-electron chi connectivity index (χ2n) is 8.70. The van der Waals surface area contributed by atoms with Crippen LogP contribution in [0.25, 0.3) is 5.76 Å². The standard InChI is InChI=1S/C28H32N2O6/c1-3-16-36-22-10-8-20(9-11-22)26(31)24-25(21-6-4-7-23(19-21)34-2)30(28(33)27(24)32)13-5-12-29-14-17-35-18-15-29/h3-4,6-11,19,25,31H,1,5,12-18H2,2H3/b26-24+/t25-/m1/s1. The molecule has 1 amide bonds. The van der Waals surface area contributed by atoms with Gasteiger partial charge in [0, 0.05) is 31.7 Å². The minimum atomic E-state index is -0.721. The van der Waals surface area contributed by atoms with Crippen LogP contribution in [-0.4, -0.2) is 79.7 Å². The second-order valence-corrected chi connectivity index (χ2v) is 8.70. The Bertz CT molecular complexity index is 1120. The molecule has 8 heteroatoms. The quantitative estimate of drug-likeness (QED) is 0.235. The van der Waals surface area contributed by atoms with Crippen LogP contribution in [-0.2, 0) is 14.3 Å². The fraction of sp³-hybridized carbons (Fsp3) is 0.357. The Morgan fingerprint density at radius 2 is 1.86 bits per heavy atom. The van der Waals surface area contributed by atoms with Crippen molar-refractivity contribution in [1.29, 1.82) is 0 Å². The maximum Gasteiger partial charge on any atom is 0.295 e. The third kappa shape index (κ3) is 5.61. The van der Waals surface area contributed by atoms with Crippen LogP contribution in [0.1, 0.15) is 23.6 Å². The zero-order valence-electron chi connectivity index (χ0n) is 20.5. The molecular formula is C28H32N2O6. The predicted octanol–water partition coefficient (Wildman–Crippen LogP) is 3.40. The Hall–Kier alpha value is -3.62. The Kier molecular flexibility index (Phi) is 8.40. The van der Waals surface area contributed by atoms with E-state index in [0.29, 0.717) is 55.4 Å². The van der Waals surface area contributed by atoms with Crippen molar-refractivity contribution in [1.82, 2.24) is 9.80 Å². The molecule has 2 aromatic carbocycles. The van der Waals surface area contributed by atoms with Gasteiger partial charge in [0.2, 0.25) is 0 Å². The van der Waals surface area contributed by atoms with Gasteiger partial charge >= 0.3 is 0 Å². The number of ketones is 1. The molecule has 1 atom stereocenters. The van der Waals surface area contributed by atoms with Gasteiger partial charge in [-0.25, -0.2) is 0 Å². The molecule has 0 unspecified atom stereocenters. The van der Waals surface area contributed by atoms with E-state index in [2.05, 4.69) is 11.5 Å². The van der Waals surface area contributed by atoms with Crippen molar-refractivity contribution in [2.24, 2.45) is 0 Å². The number of methoxy groups -OCH3 is 1. The monoisotopic (exact) mass is 492 g/mol. The van der Waals surface area contributed by atoms with E-state index in [0.717, 1.165) is 19.6 Å². The van der Waals surface area contributed by atoms with Crippen LogP contribution in [0.4, 0.5) is 0 Å². The van der Waals surface area contributed by atoms with Gasteiger partial charge in [-0.05, 0) is 48.4 Å². The molecule has 8 nitrogen and oxygen atoms in total. The molecule has 0 spiro atoms. The molecule has 190 valence electrons. The number of likely N-dealkylation sites (tertiary alicyclic amines) is 1. The third-order valence-corrected chi connectivity index (χ3v) is 6.42. The average molecular weight is 493 g/mol. The van der Waals surface area contributed by atoms with Crippen LogP contribution >= 0.6 is 0 Å². The van der Waals surface area contributed by atoms with E-state index in [1.165, 1.54) is 0 Å². The molecular weight excluding hydrogens is 460 g/mol. The highest BCUT2D eigenvalue weighted by atomic mass is 16.5. The summed E-state index contributed by atoms with van der Waals surface area (Å²) in [6.45, 7) is 8.27. The minimum Gasteiger partial charge on any atom is -0.507 e. The van der Waals surface area contributed by atoms with Crippen molar-refractivity contribution < 1.29 is 28.9 Å². The lowest BCUT2D eigenvalue weighted by atomic mass is 9.95. The normalized spacial score (nSPS) is 19.9. The molecule has 2 aliphatic rings. The summed E-state index contributed by atoms with van der Waals surface area (Å²) < 4.78 is 16.3. The Labute approximate surface area is 211 Å². The van der Waals surface area contributed by atoms with E-state index in [4.69, 9.17) is 14.2 Å². The fourth-order valence-electron chi connectivity index (χ4n) is 4.58. The molecule has 0 radical (unpaired) electrons. The van der Waals surface area contributed by atoms with Gasteiger partial charge in [0.15, 0.2) is 0 Å². The summed E-state index contributed by atoms with van der Waals surface area (Å²) in [4.78, 5) is 30.3. The molecule has 0 saturated carbocycles. The number of rotatable bonds is 10. The van der Waals surface area contributed by atoms with Gasteiger partial charge in [-0.3, -0.25) is 14.5 Å². The van der Waals surface area contributed by atoms with E-state index >= 15 is 0 Å². The summed E-state index contributed by atoms with van der Waals surface area (Å²) >= 11 is 0. The number of carbonyl (C=O) groups is 2. The topological polar surface area (TPSA) is 88.5 Å². The summed E-state index contributed by atoms with van der Waals surface area (Å²) in [5.74, 6) is -0.308. The van der Waals surface area contributed by atoms with Crippen LogP contribution < -0.4 is 9.47 Å². The number of aliphatic hydroxyl groups is 1. The SMILES string of the molecule is C=CCOc1ccc(/C(O)=C2\C(=O)C(=O)N(CCCN3CCOCC3)[C@@H]2c2cccc(OC)c2)cc1. The van der Waals surface area contributed by atoms with E-state index < -0.39 is 17.7 Å². The van der Waals surface area contributed by atoms with Crippen molar-refractivity contribution in [2.75, 3.05) is 53.1 Å². The Balaban J connectivity index is 1.66. The highest BCUT2D eigenvalue weighted by Gasteiger charge is 2.46. The molecule has 0 aliphatic carbocycles. The van der Waals surface area contributed by atoms with E-state index in [1.807, 2.05) is 12.1 Å². The predicted molar refractivity (Wildman–Crippen MR) is 136 cm³/mol. The molecule has 4 rings (SSSR count). The van der Waals surface area contributed by atoms with Crippen molar-refractivity contribution in [2.45, 2.75) is 12.5 Å². The molecule has 0 bridgehead atoms. The number of morpholine rings is 1. The van der Waals surface area contributed by atoms with Gasteiger partial charge in [0.05, 0.1) is 31.9 Å². The Morgan fingerprint density at radius 3 is 2.56 bits per heavy atom. The zero-order valence-corrected chi connectivity index (χ0v) is 20.5. The number of ether oxygens (including phenoxy) is 3. The number of Topliss-reactive ketones (excluding diaryl/α,β-unsaturated/α-hetero) is 1. The fourth-order valence-corrected chi connectivity index (χ4v) is 4.58. The molecule has 2 aromatic rings. The van der Waals surface area contributed by atoms with E-state index in [1.54, 1.807) is 54.5 Å². The molecule has 2 fully saturated rings. The average Bonchev–Trinajstić information content (AvgIpc) is 3.17. The minimum absolute atomic E-state index is 0.0689. The van der Waals surface area contributed by atoms with Crippen molar-refractivity contribution in [3.8, 4) is 11.5 Å². The number of aliphatic hydroxyl groups excluding tert-OH is 1. The smallest absolute Gasteiger partial charge is 0.295 e. The third-order valence-electron chi connectivity index (χ3n) is 6.42. The van der Waals surface area contributed by atoms with Gasteiger partial charge in [-0.15, -0.1) is 0 Å². The van der Waals surface area contributed by atoms with Gasteiger partial charge < -0.3 is 24.2 Å². The highest BCUT2D eigenvalue weighted by molar-refractivity contribution is 6.46. The lowest BCUT2D eigenvalue weighted by Crippen LogP contribution is -2.38. The van der Waals surface area contributed by atoms with Crippen molar-refractivity contribution in [3.63, 3.8) is 0 Å². The lowest BCUT2D eigenvalue weighted by molar-refractivity contribution is -0.140. The molecule has 0 aromatic heterocycles. The number of hydrogen-bond donors (Lipinski definition) is 1. The number of benzene rings is 2. The first-order chi connectivity index (χ1) is 17.5. The van der Waals surface area contributed by atoms with E-state index in [-0.39, 0.29) is 11.3 Å². The van der Waals surface area contributed by atoms with Crippen LogP contribution in [0, 0.1) is 0 Å². The second kappa shape index (κ2) is 11.9. The molecule has 2 heterocycles. The van der Waals surface area contributed by atoms with Crippen LogP contribution in [0.15, 0.2) is 66.8 Å². The maximum absolute atomic E-state index is 13.2. The summed E-state index contributed by atoms with van der Waals surface area (Å²) in [7, 11) is 1.56. The molecule has 2 saturated heterocycles. The van der Waals surface area contributed by atoms with Crippen LogP contribution in [0.3, 0.4) is 0 Å². The highest BCUT2D eigenvalue weighted by Crippen LogP contribution is 2.40. The summed E-state index contributed by atoms with van der Waals surface area (Å²) in [5.41, 5.74) is 1.20. The summed E-state index contributed by atoms with van der Waals surface area (Å²) in [5, 5.41) is 11.3. The van der Waals surface area contributed by atoms with Gasteiger partial charge in [0.1, 0.15) is 23.9 Å². The molecule has 1 N–H and O–H groups in total. The largest absolute Gasteiger partial charge is 0.507 e. The van der Waals surface area contributed by atoms with Gasteiger partial charge in [0.25, 0.3) is 11.7 Å². The van der Waals surface area contributed by atoms with Gasteiger partial charge in [-0.1, -0.05) is 24.8 Å². The molecule has 2 aliphatic heterocycles. The van der Waals surface area contributed by atoms with Crippen LogP contribution in [0.2, 0.25) is 0 Å². The maximum atomic E-state index is 13.2. The first kappa shape index (κ1) is 25.5. The van der Waals surface area contributed by atoms with E-state index in [9.17, 15) is 14.7 Å². The lowest BCUT2D eigenvalue weighted by Gasteiger charge is -2.29. The first-order valence-electron chi connectivity index (χ1n) is 12.1. The van der Waals surface area contributed by atoms with Crippen molar-refractivity contribution in [3.05, 3.63) is 77.9 Å².